The molecule has 6 heteroatoms. The summed E-state index contributed by atoms with van der Waals surface area (Å²) >= 11 is 0. The number of nitrogens with one attached hydrogen (secondary N) is 3. The highest BCUT2D eigenvalue weighted by Gasteiger charge is 2.04. The zero-order valence-electron chi connectivity index (χ0n) is 15.2. The van der Waals surface area contributed by atoms with Crippen LogP contribution in [-0.2, 0) is 20.9 Å². The first-order valence-electron chi connectivity index (χ1n) is 8.91. The van der Waals surface area contributed by atoms with Crippen LogP contribution >= 0.6 is 0 Å². The van der Waals surface area contributed by atoms with Crippen LogP contribution in [0.25, 0.3) is 0 Å². The van der Waals surface area contributed by atoms with Crippen molar-refractivity contribution in [3.05, 3.63) is 29.8 Å². The molecule has 0 aliphatic rings. The molecule has 1 aromatic rings. The van der Waals surface area contributed by atoms with Gasteiger partial charge in [-0.1, -0.05) is 25.5 Å². The Kier molecular flexibility index (Phi) is 9.97. The summed E-state index contributed by atoms with van der Waals surface area (Å²) in [6.07, 6.45) is 4.39. The van der Waals surface area contributed by atoms with E-state index in [4.69, 9.17) is 0 Å². The van der Waals surface area contributed by atoms with Gasteiger partial charge in [0.1, 0.15) is 0 Å². The van der Waals surface area contributed by atoms with Crippen LogP contribution in [0.5, 0.6) is 0 Å². The van der Waals surface area contributed by atoms with Gasteiger partial charge in [0, 0.05) is 38.5 Å². The number of hydrogen-bond donors (Lipinski definition) is 3. The number of anilines is 1. The van der Waals surface area contributed by atoms with Crippen molar-refractivity contribution in [2.24, 2.45) is 0 Å². The predicted octanol–water partition coefficient (Wildman–Crippen LogP) is 2.74. The Hall–Kier alpha value is -2.37. The van der Waals surface area contributed by atoms with Gasteiger partial charge < -0.3 is 16.0 Å². The van der Waals surface area contributed by atoms with Crippen LogP contribution in [0.15, 0.2) is 24.3 Å². The Morgan fingerprint density at radius 1 is 0.960 bits per heavy atom. The molecule has 0 aliphatic carbocycles. The van der Waals surface area contributed by atoms with E-state index in [0.717, 1.165) is 36.9 Å². The van der Waals surface area contributed by atoms with E-state index in [0.29, 0.717) is 25.9 Å². The summed E-state index contributed by atoms with van der Waals surface area (Å²) < 4.78 is 0. The molecule has 0 spiro atoms. The predicted molar refractivity (Wildman–Crippen MR) is 99.0 cm³/mol. The van der Waals surface area contributed by atoms with Crippen molar-refractivity contribution in [3.63, 3.8) is 0 Å². The van der Waals surface area contributed by atoms with Gasteiger partial charge in [0.15, 0.2) is 0 Å². The maximum atomic E-state index is 11.9. The minimum Gasteiger partial charge on any atom is -0.356 e. The fourth-order valence-corrected chi connectivity index (χ4v) is 2.35. The molecule has 0 saturated heterocycles. The van der Waals surface area contributed by atoms with Crippen molar-refractivity contribution in [1.29, 1.82) is 0 Å². The summed E-state index contributed by atoms with van der Waals surface area (Å²) in [6.45, 7) is 4.57. The van der Waals surface area contributed by atoms with Crippen LogP contribution in [0.1, 0.15) is 57.9 Å². The molecule has 0 heterocycles. The maximum Gasteiger partial charge on any atom is 0.224 e. The van der Waals surface area contributed by atoms with Crippen molar-refractivity contribution >= 4 is 23.4 Å². The highest BCUT2D eigenvalue weighted by atomic mass is 16.2. The van der Waals surface area contributed by atoms with Crippen LogP contribution in [0.4, 0.5) is 5.69 Å². The molecule has 3 N–H and O–H groups in total. The lowest BCUT2D eigenvalue weighted by molar-refractivity contribution is -0.121. The number of amides is 3. The summed E-state index contributed by atoms with van der Waals surface area (Å²) in [5.74, 6) is -0.00578. The largest absolute Gasteiger partial charge is 0.356 e. The smallest absolute Gasteiger partial charge is 0.224 e. The summed E-state index contributed by atoms with van der Waals surface area (Å²) in [4.78, 5) is 34.2. The number of unbranched alkanes of at least 4 members (excludes halogenated alkanes) is 2. The number of rotatable bonds is 11. The molecule has 0 atom stereocenters. The monoisotopic (exact) mass is 347 g/mol. The van der Waals surface area contributed by atoms with E-state index in [1.807, 2.05) is 31.2 Å². The van der Waals surface area contributed by atoms with Gasteiger partial charge in [-0.3, -0.25) is 14.4 Å². The molecular formula is C19H29N3O3. The first kappa shape index (κ1) is 20.7. The van der Waals surface area contributed by atoms with Gasteiger partial charge in [-0.25, -0.2) is 0 Å². The molecular weight excluding hydrogens is 318 g/mol. The Morgan fingerprint density at radius 2 is 1.76 bits per heavy atom. The second-order valence-corrected chi connectivity index (χ2v) is 6.07. The van der Waals surface area contributed by atoms with E-state index in [2.05, 4.69) is 16.0 Å². The SMILES string of the molecule is CCCC(=O)Nc1cccc(CNC(=O)CCCCCNC(C)=O)c1. The van der Waals surface area contributed by atoms with Crippen molar-refractivity contribution in [1.82, 2.24) is 10.6 Å². The first-order chi connectivity index (χ1) is 12.0. The number of hydrogen-bond acceptors (Lipinski definition) is 3. The van der Waals surface area contributed by atoms with Gasteiger partial charge in [-0.05, 0) is 37.0 Å². The second-order valence-electron chi connectivity index (χ2n) is 6.07. The molecule has 6 nitrogen and oxygen atoms in total. The highest BCUT2D eigenvalue weighted by Crippen LogP contribution is 2.11. The average Bonchev–Trinajstić information content (AvgIpc) is 2.56. The Bertz CT molecular complexity index is 573. The lowest BCUT2D eigenvalue weighted by Gasteiger charge is -2.09. The maximum absolute atomic E-state index is 11.9. The third kappa shape index (κ3) is 10.2. The lowest BCUT2D eigenvalue weighted by atomic mass is 10.1. The molecule has 0 unspecified atom stereocenters. The third-order valence-electron chi connectivity index (χ3n) is 3.63. The molecule has 0 aromatic heterocycles. The van der Waals surface area contributed by atoms with Gasteiger partial charge >= 0.3 is 0 Å². The van der Waals surface area contributed by atoms with E-state index < -0.39 is 0 Å². The summed E-state index contributed by atoms with van der Waals surface area (Å²) in [6, 6.07) is 7.50. The third-order valence-corrected chi connectivity index (χ3v) is 3.63. The minimum atomic E-state index is -0.0224. The Balaban J connectivity index is 2.24. The summed E-state index contributed by atoms with van der Waals surface area (Å²) in [5.41, 5.74) is 1.71. The standard InChI is InChI=1S/C19H29N3O3/c1-3-8-19(25)22-17-10-7-9-16(13-17)14-21-18(24)11-5-4-6-12-20-15(2)23/h7,9-10,13H,3-6,8,11-12,14H2,1-2H3,(H,20,23)(H,21,24)(H,22,25). The Labute approximate surface area is 149 Å². The fourth-order valence-electron chi connectivity index (χ4n) is 2.35. The van der Waals surface area contributed by atoms with E-state index in [1.165, 1.54) is 6.92 Å². The molecule has 0 bridgehead atoms. The van der Waals surface area contributed by atoms with E-state index >= 15 is 0 Å². The Morgan fingerprint density at radius 3 is 2.48 bits per heavy atom. The fraction of sp³-hybridized carbons (Fsp3) is 0.526. The lowest BCUT2D eigenvalue weighted by Crippen LogP contribution is -2.23. The minimum absolute atomic E-state index is 0.00273. The molecule has 0 aliphatic heterocycles. The van der Waals surface area contributed by atoms with Crippen molar-refractivity contribution in [2.45, 2.75) is 58.9 Å². The molecule has 3 amide bonds. The van der Waals surface area contributed by atoms with Gasteiger partial charge in [-0.2, -0.15) is 0 Å². The quantitative estimate of drug-likeness (QED) is 0.538. The summed E-state index contributed by atoms with van der Waals surface area (Å²) in [5, 5.41) is 8.48. The molecule has 1 rings (SSSR count). The van der Waals surface area contributed by atoms with Gasteiger partial charge in [-0.15, -0.1) is 0 Å². The van der Waals surface area contributed by atoms with Crippen molar-refractivity contribution in [2.75, 3.05) is 11.9 Å². The topological polar surface area (TPSA) is 87.3 Å². The van der Waals surface area contributed by atoms with Crippen LogP contribution in [0.3, 0.4) is 0 Å². The highest BCUT2D eigenvalue weighted by molar-refractivity contribution is 5.90. The van der Waals surface area contributed by atoms with E-state index in [-0.39, 0.29) is 17.7 Å². The van der Waals surface area contributed by atoms with Crippen molar-refractivity contribution in [3.8, 4) is 0 Å². The molecule has 138 valence electrons. The molecule has 0 fully saturated rings. The van der Waals surface area contributed by atoms with Crippen LogP contribution in [-0.4, -0.2) is 24.3 Å². The molecule has 0 radical (unpaired) electrons. The van der Waals surface area contributed by atoms with Gasteiger partial charge in [0.25, 0.3) is 0 Å². The first-order valence-corrected chi connectivity index (χ1v) is 8.91. The second kappa shape index (κ2) is 12.1. The summed E-state index contributed by atoms with van der Waals surface area (Å²) in [7, 11) is 0. The average molecular weight is 347 g/mol. The van der Waals surface area contributed by atoms with Gasteiger partial charge in [0.2, 0.25) is 17.7 Å². The van der Waals surface area contributed by atoms with Crippen LogP contribution in [0, 0.1) is 0 Å². The van der Waals surface area contributed by atoms with Gasteiger partial charge in [0.05, 0.1) is 0 Å². The number of carbonyl (C=O) groups is 3. The zero-order valence-corrected chi connectivity index (χ0v) is 15.2. The van der Waals surface area contributed by atoms with Crippen LogP contribution < -0.4 is 16.0 Å². The zero-order chi connectivity index (χ0) is 18.5. The number of carbonyl (C=O) groups excluding carboxylic acids is 3. The molecule has 25 heavy (non-hydrogen) atoms. The van der Waals surface area contributed by atoms with E-state index in [1.54, 1.807) is 0 Å². The normalized spacial score (nSPS) is 10.2. The molecule has 0 saturated carbocycles. The number of benzene rings is 1. The molecule has 1 aromatic carbocycles. The van der Waals surface area contributed by atoms with Crippen LogP contribution in [0.2, 0.25) is 0 Å². The van der Waals surface area contributed by atoms with Crippen molar-refractivity contribution < 1.29 is 14.4 Å². The van der Waals surface area contributed by atoms with E-state index in [9.17, 15) is 14.4 Å².